The Morgan fingerprint density at radius 3 is 2.56 bits per heavy atom. The van der Waals surface area contributed by atoms with E-state index >= 15 is 0 Å². The number of fused-ring (bicyclic) bond motifs is 1. The Morgan fingerprint density at radius 1 is 1.15 bits per heavy atom. The summed E-state index contributed by atoms with van der Waals surface area (Å²) in [7, 11) is 0. The van der Waals surface area contributed by atoms with E-state index < -0.39 is 0 Å². The maximum Gasteiger partial charge on any atom is 0.291 e. The third-order valence-corrected chi connectivity index (χ3v) is 5.42. The van der Waals surface area contributed by atoms with Crippen LogP contribution in [-0.2, 0) is 0 Å². The molecule has 27 heavy (non-hydrogen) atoms. The lowest BCUT2D eigenvalue weighted by atomic mass is 10.2. The average Bonchev–Trinajstić information content (AvgIpc) is 3.22. The maximum atomic E-state index is 12.6. The zero-order valence-corrected chi connectivity index (χ0v) is 17.0. The minimum Gasteiger partial charge on any atom is -0.494 e. The molecule has 136 valence electrons. The highest BCUT2D eigenvalue weighted by molar-refractivity contribution is 9.10. The van der Waals surface area contributed by atoms with Gasteiger partial charge in [-0.2, -0.15) is 9.50 Å². The lowest BCUT2D eigenvalue weighted by molar-refractivity contribution is 0.317. The lowest BCUT2D eigenvalue weighted by Gasteiger charge is -2.04. The first kappa shape index (κ1) is 17.9. The summed E-state index contributed by atoms with van der Waals surface area (Å²) >= 11 is 4.75. The number of nitrogens with zero attached hydrogens (tertiary/aromatic N) is 3. The smallest absolute Gasteiger partial charge is 0.291 e. The van der Waals surface area contributed by atoms with Gasteiger partial charge in [-0.05, 0) is 54.5 Å². The van der Waals surface area contributed by atoms with E-state index in [4.69, 9.17) is 4.74 Å². The molecule has 0 radical (unpaired) electrons. The van der Waals surface area contributed by atoms with E-state index in [9.17, 15) is 4.79 Å². The van der Waals surface area contributed by atoms with Crippen molar-refractivity contribution in [2.75, 3.05) is 6.61 Å². The Labute approximate surface area is 168 Å². The molecule has 0 aliphatic heterocycles. The molecule has 0 spiro atoms. The van der Waals surface area contributed by atoms with Crippen molar-refractivity contribution in [1.29, 1.82) is 0 Å². The van der Waals surface area contributed by atoms with E-state index in [1.165, 1.54) is 15.9 Å². The first-order valence-electron chi connectivity index (χ1n) is 8.54. The van der Waals surface area contributed by atoms with Crippen LogP contribution in [0.5, 0.6) is 5.75 Å². The van der Waals surface area contributed by atoms with Crippen LogP contribution >= 0.6 is 27.3 Å². The minimum absolute atomic E-state index is 0.153. The fourth-order valence-corrected chi connectivity index (χ4v) is 3.76. The molecule has 0 saturated heterocycles. The van der Waals surface area contributed by atoms with Crippen molar-refractivity contribution in [3.05, 3.63) is 73.5 Å². The van der Waals surface area contributed by atoms with Crippen molar-refractivity contribution in [3.63, 3.8) is 0 Å². The Morgan fingerprint density at radius 2 is 1.89 bits per heavy atom. The van der Waals surface area contributed by atoms with E-state index in [1.807, 2.05) is 54.6 Å². The van der Waals surface area contributed by atoms with Crippen LogP contribution in [-0.4, -0.2) is 21.2 Å². The van der Waals surface area contributed by atoms with E-state index in [0.29, 0.717) is 21.9 Å². The van der Waals surface area contributed by atoms with E-state index in [0.717, 1.165) is 27.8 Å². The quantitative estimate of drug-likeness (QED) is 0.470. The fourth-order valence-electron chi connectivity index (χ4n) is 2.59. The highest BCUT2D eigenvalue weighted by Gasteiger charge is 2.12. The van der Waals surface area contributed by atoms with Crippen molar-refractivity contribution in [2.45, 2.75) is 13.3 Å². The van der Waals surface area contributed by atoms with Crippen LogP contribution in [0, 0.1) is 0 Å². The van der Waals surface area contributed by atoms with Gasteiger partial charge >= 0.3 is 0 Å². The predicted octanol–water partition coefficient (Wildman–Crippen LogP) is 3.92. The van der Waals surface area contributed by atoms with Gasteiger partial charge in [0.2, 0.25) is 4.96 Å². The predicted molar refractivity (Wildman–Crippen MR) is 111 cm³/mol. The Hall–Kier alpha value is -2.51. The summed E-state index contributed by atoms with van der Waals surface area (Å²) in [6.07, 6.45) is 2.82. The van der Waals surface area contributed by atoms with Gasteiger partial charge in [-0.15, -0.1) is 5.10 Å². The largest absolute Gasteiger partial charge is 0.494 e. The Bertz CT molecular complexity index is 1180. The number of halogens is 1. The molecular formula is C20H16BrN3O2S. The number of rotatable bonds is 5. The standard InChI is InChI=1S/C20H16BrN3O2S/c1-2-11-26-16-9-5-14(6-10-16)18-22-20-24(23-18)19(25)17(27-20)12-13-3-7-15(21)8-4-13/h3-10,12H,2,11H2,1H3/b17-12+. The summed E-state index contributed by atoms with van der Waals surface area (Å²) in [6.45, 7) is 2.76. The van der Waals surface area contributed by atoms with E-state index in [1.54, 1.807) is 0 Å². The van der Waals surface area contributed by atoms with Crippen LogP contribution in [0.1, 0.15) is 18.9 Å². The van der Waals surface area contributed by atoms with Gasteiger partial charge in [0.1, 0.15) is 5.75 Å². The molecule has 2 heterocycles. The molecular weight excluding hydrogens is 426 g/mol. The van der Waals surface area contributed by atoms with Gasteiger partial charge in [0, 0.05) is 10.0 Å². The summed E-state index contributed by atoms with van der Waals surface area (Å²) in [4.78, 5) is 17.7. The molecule has 0 aliphatic rings. The molecule has 0 amide bonds. The van der Waals surface area contributed by atoms with Crippen molar-refractivity contribution < 1.29 is 4.74 Å². The molecule has 4 aromatic rings. The number of hydrogen-bond acceptors (Lipinski definition) is 5. The number of benzene rings is 2. The SMILES string of the molecule is CCCOc1ccc(-c2nc3s/c(=C/c4ccc(Br)cc4)c(=O)n3n2)cc1. The van der Waals surface area contributed by atoms with Gasteiger partial charge in [0.25, 0.3) is 5.56 Å². The summed E-state index contributed by atoms with van der Waals surface area (Å²) in [5.74, 6) is 1.35. The summed E-state index contributed by atoms with van der Waals surface area (Å²) in [5, 5.41) is 4.39. The van der Waals surface area contributed by atoms with Crippen LogP contribution in [0.15, 0.2) is 57.8 Å². The molecule has 0 N–H and O–H groups in total. The second-order valence-corrected chi connectivity index (χ2v) is 7.89. The average molecular weight is 442 g/mol. The Kier molecular flexibility index (Phi) is 5.05. The van der Waals surface area contributed by atoms with Crippen molar-refractivity contribution in [2.24, 2.45) is 0 Å². The van der Waals surface area contributed by atoms with Crippen LogP contribution in [0.4, 0.5) is 0 Å². The second kappa shape index (κ2) is 7.62. The number of thiazole rings is 1. The first-order chi connectivity index (χ1) is 13.1. The topological polar surface area (TPSA) is 56.5 Å². The summed E-state index contributed by atoms with van der Waals surface area (Å²) < 4.78 is 8.57. The Balaban J connectivity index is 1.66. The number of aromatic nitrogens is 3. The third-order valence-electron chi connectivity index (χ3n) is 3.93. The zero-order chi connectivity index (χ0) is 18.8. The van der Waals surface area contributed by atoms with Crippen LogP contribution in [0.2, 0.25) is 0 Å². The monoisotopic (exact) mass is 441 g/mol. The highest BCUT2D eigenvalue weighted by Crippen LogP contribution is 2.20. The van der Waals surface area contributed by atoms with Gasteiger partial charge in [0.15, 0.2) is 5.82 Å². The van der Waals surface area contributed by atoms with Crippen molar-refractivity contribution >= 4 is 38.3 Å². The number of ether oxygens (including phenoxy) is 1. The molecule has 2 aromatic heterocycles. The van der Waals surface area contributed by atoms with Crippen molar-refractivity contribution in [3.8, 4) is 17.1 Å². The van der Waals surface area contributed by atoms with E-state index in [-0.39, 0.29) is 5.56 Å². The molecule has 0 saturated carbocycles. The summed E-state index contributed by atoms with van der Waals surface area (Å²) in [6, 6.07) is 15.4. The van der Waals surface area contributed by atoms with Gasteiger partial charge in [-0.25, -0.2) is 0 Å². The fraction of sp³-hybridized carbons (Fsp3) is 0.150. The molecule has 0 fully saturated rings. The first-order valence-corrected chi connectivity index (χ1v) is 10.1. The molecule has 7 heteroatoms. The molecule has 5 nitrogen and oxygen atoms in total. The molecule has 2 aromatic carbocycles. The molecule has 0 aliphatic carbocycles. The number of hydrogen-bond donors (Lipinski definition) is 0. The van der Waals surface area contributed by atoms with Gasteiger partial charge in [-0.3, -0.25) is 4.79 Å². The van der Waals surface area contributed by atoms with Gasteiger partial charge in [0.05, 0.1) is 11.1 Å². The zero-order valence-electron chi connectivity index (χ0n) is 14.6. The van der Waals surface area contributed by atoms with Crippen LogP contribution in [0.25, 0.3) is 22.4 Å². The van der Waals surface area contributed by atoms with Gasteiger partial charge in [-0.1, -0.05) is 46.3 Å². The van der Waals surface area contributed by atoms with Crippen LogP contribution in [0.3, 0.4) is 0 Å². The second-order valence-electron chi connectivity index (χ2n) is 5.97. The molecule has 4 rings (SSSR count). The highest BCUT2D eigenvalue weighted by atomic mass is 79.9. The lowest BCUT2D eigenvalue weighted by Crippen LogP contribution is -2.23. The maximum absolute atomic E-state index is 12.6. The van der Waals surface area contributed by atoms with Crippen molar-refractivity contribution in [1.82, 2.24) is 14.6 Å². The van der Waals surface area contributed by atoms with Gasteiger partial charge < -0.3 is 4.74 Å². The molecule has 0 bridgehead atoms. The molecule has 0 atom stereocenters. The van der Waals surface area contributed by atoms with Crippen LogP contribution < -0.4 is 14.8 Å². The minimum atomic E-state index is -0.153. The van der Waals surface area contributed by atoms with E-state index in [2.05, 4.69) is 32.9 Å². The molecule has 0 unspecified atom stereocenters. The normalized spacial score (nSPS) is 12.0. The summed E-state index contributed by atoms with van der Waals surface area (Å²) in [5.41, 5.74) is 1.66. The third kappa shape index (κ3) is 3.79.